The van der Waals surface area contributed by atoms with Gasteiger partial charge in [0.05, 0.1) is 24.9 Å². The van der Waals surface area contributed by atoms with Gasteiger partial charge in [0.2, 0.25) is 0 Å². The highest BCUT2D eigenvalue weighted by Crippen LogP contribution is 2.44. The summed E-state index contributed by atoms with van der Waals surface area (Å²) in [6, 6.07) is 16.5. The van der Waals surface area contributed by atoms with E-state index in [9.17, 15) is 0 Å². The molecule has 4 heteroatoms. The van der Waals surface area contributed by atoms with Crippen LogP contribution in [0.15, 0.2) is 120 Å². The molecule has 0 N–H and O–H groups in total. The number of allylic oxidation sites excluding steroid dienone is 10. The first-order chi connectivity index (χ1) is 17.7. The first kappa shape index (κ1) is 23.8. The molecule has 5 rings (SSSR count). The van der Waals surface area contributed by atoms with Crippen LogP contribution in [0.4, 0.5) is 11.4 Å². The van der Waals surface area contributed by atoms with Crippen molar-refractivity contribution < 1.29 is 9.47 Å². The number of methoxy groups -OCH3 is 2. The van der Waals surface area contributed by atoms with Crippen LogP contribution in [0, 0.1) is 0 Å². The lowest BCUT2D eigenvalue weighted by molar-refractivity contribution is 0.411. The fraction of sp³-hybridized carbons (Fsp3) is 0.125. The van der Waals surface area contributed by atoms with Gasteiger partial charge in [-0.3, -0.25) is 0 Å². The molecule has 3 nitrogen and oxygen atoms in total. The predicted octanol–water partition coefficient (Wildman–Crippen LogP) is 8.30. The lowest BCUT2D eigenvalue weighted by Gasteiger charge is -2.28. The zero-order valence-electron chi connectivity index (χ0n) is 20.4. The molecule has 0 spiro atoms. The van der Waals surface area contributed by atoms with Gasteiger partial charge in [-0.15, -0.1) is 0 Å². The Hall–Kier alpha value is -3.95. The monoisotopic (exact) mass is 493 g/mol. The molecule has 0 fully saturated rings. The minimum Gasteiger partial charge on any atom is -0.497 e. The van der Waals surface area contributed by atoms with Crippen LogP contribution in [0.2, 0.25) is 5.02 Å². The minimum atomic E-state index is 0.666. The molecule has 36 heavy (non-hydrogen) atoms. The molecule has 0 aromatic heterocycles. The quantitative estimate of drug-likeness (QED) is 0.366. The number of hydrogen-bond donors (Lipinski definition) is 0. The maximum Gasteiger partial charge on any atom is 0.124 e. The van der Waals surface area contributed by atoms with E-state index in [4.69, 9.17) is 21.1 Å². The molecule has 1 aliphatic heterocycles. The Balaban J connectivity index is 1.71. The maximum atomic E-state index is 6.91. The van der Waals surface area contributed by atoms with Crippen molar-refractivity contribution in [2.45, 2.75) is 6.42 Å². The van der Waals surface area contributed by atoms with Gasteiger partial charge in [0.25, 0.3) is 0 Å². The predicted molar refractivity (Wildman–Crippen MR) is 152 cm³/mol. The molecule has 0 unspecified atom stereocenters. The standard InChI is InChI=1S/C32H28ClNO2/c1-35-28-16-14-23-13-15-27(19-26(23)20-28)34-22-25-12-10-8-6-4-3-5-7-9-11-24(25)21-29-31(36-2)18-17-30(33)32(29)34/h3-20H,21-22H2,1-2H3/b4-3-,5-3?,6-4?,7-5-,8-6-,9-7?,10-8?,11-9-,12-10?,24-11?,25-12?. The Morgan fingerprint density at radius 3 is 2.11 bits per heavy atom. The van der Waals surface area contributed by atoms with E-state index in [2.05, 4.69) is 71.7 Å². The molecule has 1 aliphatic carbocycles. The number of nitrogens with zero attached hydrogens (tertiary/aromatic N) is 1. The third kappa shape index (κ3) is 4.89. The topological polar surface area (TPSA) is 21.7 Å². The van der Waals surface area contributed by atoms with Crippen LogP contribution in [0.25, 0.3) is 10.8 Å². The van der Waals surface area contributed by atoms with E-state index in [-0.39, 0.29) is 0 Å². The zero-order chi connectivity index (χ0) is 24.9. The number of rotatable bonds is 3. The number of hydrogen-bond acceptors (Lipinski definition) is 3. The minimum absolute atomic E-state index is 0.666. The van der Waals surface area contributed by atoms with Gasteiger partial charge in [0.1, 0.15) is 11.5 Å². The third-order valence-electron chi connectivity index (χ3n) is 6.50. The molecule has 0 bridgehead atoms. The summed E-state index contributed by atoms with van der Waals surface area (Å²) in [7, 11) is 3.41. The molecular weight excluding hydrogens is 466 g/mol. The second-order valence-corrected chi connectivity index (χ2v) is 9.07. The van der Waals surface area contributed by atoms with Crippen molar-refractivity contribution in [1.82, 2.24) is 0 Å². The largest absolute Gasteiger partial charge is 0.497 e. The van der Waals surface area contributed by atoms with Gasteiger partial charge in [-0.05, 0) is 58.3 Å². The van der Waals surface area contributed by atoms with Gasteiger partial charge in [-0.2, -0.15) is 0 Å². The first-order valence-corrected chi connectivity index (χ1v) is 12.3. The van der Waals surface area contributed by atoms with Crippen LogP contribution in [0.5, 0.6) is 11.5 Å². The fourth-order valence-corrected chi connectivity index (χ4v) is 4.96. The highest BCUT2D eigenvalue weighted by molar-refractivity contribution is 6.33. The Labute approximate surface area is 217 Å². The third-order valence-corrected chi connectivity index (χ3v) is 6.81. The molecule has 1 heterocycles. The second-order valence-electron chi connectivity index (χ2n) is 8.66. The van der Waals surface area contributed by atoms with E-state index < -0.39 is 0 Å². The summed E-state index contributed by atoms with van der Waals surface area (Å²) >= 11 is 6.91. The van der Waals surface area contributed by atoms with Gasteiger partial charge < -0.3 is 14.4 Å². The highest BCUT2D eigenvalue weighted by Gasteiger charge is 2.26. The van der Waals surface area contributed by atoms with Crippen LogP contribution in [-0.2, 0) is 6.42 Å². The van der Waals surface area contributed by atoms with E-state index in [1.165, 1.54) is 11.1 Å². The average molecular weight is 494 g/mol. The van der Waals surface area contributed by atoms with E-state index in [0.717, 1.165) is 39.2 Å². The number of anilines is 2. The van der Waals surface area contributed by atoms with Gasteiger partial charge in [0.15, 0.2) is 0 Å². The van der Waals surface area contributed by atoms with Crippen molar-refractivity contribution in [3.63, 3.8) is 0 Å². The number of benzene rings is 3. The van der Waals surface area contributed by atoms with Crippen LogP contribution >= 0.6 is 11.6 Å². The summed E-state index contributed by atoms with van der Waals surface area (Å²) in [5, 5.41) is 2.97. The lowest BCUT2D eigenvalue weighted by atomic mass is 9.98. The Bertz CT molecular complexity index is 1470. The fourth-order valence-electron chi connectivity index (χ4n) is 4.68. The van der Waals surface area contributed by atoms with Crippen molar-refractivity contribution in [2.75, 3.05) is 25.7 Å². The van der Waals surface area contributed by atoms with Crippen molar-refractivity contribution in [1.29, 1.82) is 0 Å². The van der Waals surface area contributed by atoms with Crippen LogP contribution in [0.1, 0.15) is 5.56 Å². The summed E-state index contributed by atoms with van der Waals surface area (Å²) in [5.41, 5.74) is 5.55. The Kier molecular flexibility index (Phi) is 7.11. The van der Waals surface area contributed by atoms with Gasteiger partial charge >= 0.3 is 0 Å². The van der Waals surface area contributed by atoms with Gasteiger partial charge in [0, 0.05) is 24.2 Å². The van der Waals surface area contributed by atoms with E-state index in [0.29, 0.717) is 18.0 Å². The zero-order valence-corrected chi connectivity index (χ0v) is 21.2. The summed E-state index contributed by atoms with van der Waals surface area (Å²) in [4.78, 5) is 2.30. The summed E-state index contributed by atoms with van der Waals surface area (Å²) < 4.78 is 11.3. The van der Waals surface area contributed by atoms with Crippen molar-refractivity contribution >= 4 is 33.7 Å². The van der Waals surface area contributed by atoms with Crippen LogP contribution in [-0.4, -0.2) is 20.8 Å². The van der Waals surface area contributed by atoms with Crippen LogP contribution < -0.4 is 14.4 Å². The van der Waals surface area contributed by atoms with Crippen LogP contribution in [0.3, 0.4) is 0 Å². The van der Waals surface area contributed by atoms with E-state index >= 15 is 0 Å². The molecule has 0 amide bonds. The normalized spacial score (nSPS) is 18.8. The maximum absolute atomic E-state index is 6.91. The summed E-state index contributed by atoms with van der Waals surface area (Å²) in [5.74, 6) is 1.67. The second kappa shape index (κ2) is 10.8. The molecule has 3 aromatic rings. The van der Waals surface area contributed by atoms with Gasteiger partial charge in [-0.25, -0.2) is 0 Å². The first-order valence-electron chi connectivity index (χ1n) is 12.0. The van der Waals surface area contributed by atoms with E-state index in [1.54, 1.807) is 14.2 Å². The average Bonchev–Trinajstić information content (AvgIpc) is 3.06. The van der Waals surface area contributed by atoms with Gasteiger partial charge in [-0.1, -0.05) is 84.5 Å². The molecule has 2 aliphatic rings. The molecule has 0 saturated carbocycles. The molecule has 3 aromatic carbocycles. The summed E-state index contributed by atoms with van der Waals surface area (Å²) in [6.07, 6.45) is 21.5. The van der Waals surface area contributed by atoms with Crippen molar-refractivity contribution in [3.05, 3.63) is 131 Å². The molecular formula is C32H28ClNO2. The SMILES string of the molecule is COc1ccc2ccc(N3CC4=C(\C=C/C=C\C=C/C=C\C=C4)Cc4c(OC)ccc(Cl)c43)cc2c1. The van der Waals surface area contributed by atoms with Crippen molar-refractivity contribution in [2.24, 2.45) is 0 Å². The number of fused-ring (bicyclic) bond motifs is 2. The lowest BCUT2D eigenvalue weighted by Crippen LogP contribution is -2.20. The molecule has 0 saturated heterocycles. The van der Waals surface area contributed by atoms with Crippen molar-refractivity contribution in [3.8, 4) is 11.5 Å². The highest BCUT2D eigenvalue weighted by atomic mass is 35.5. The number of ether oxygens (including phenoxy) is 2. The smallest absolute Gasteiger partial charge is 0.124 e. The summed E-state index contributed by atoms with van der Waals surface area (Å²) in [6.45, 7) is 0.666. The molecule has 0 atom stereocenters. The number of halogens is 1. The molecule has 180 valence electrons. The molecule has 0 radical (unpaired) electrons. The van der Waals surface area contributed by atoms with E-state index in [1.807, 2.05) is 42.5 Å². The Morgan fingerprint density at radius 2 is 1.39 bits per heavy atom. The Morgan fingerprint density at radius 1 is 0.694 bits per heavy atom.